The van der Waals surface area contributed by atoms with E-state index in [1.807, 2.05) is 30.0 Å². The fourth-order valence-electron chi connectivity index (χ4n) is 3.97. The topological polar surface area (TPSA) is 58.1 Å². The Morgan fingerprint density at radius 3 is 2.67 bits per heavy atom. The van der Waals surface area contributed by atoms with Crippen LogP contribution < -0.4 is 5.32 Å². The van der Waals surface area contributed by atoms with E-state index in [1.54, 1.807) is 6.20 Å². The molecule has 3 heterocycles. The molecule has 1 fully saturated rings. The summed E-state index contributed by atoms with van der Waals surface area (Å²) in [5, 5.41) is 4.40. The van der Waals surface area contributed by atoms with Gasteiger partial charge in [0.1, 0.15) is 0 Å². The summed E-state index contributed by atoms with van der Waals surface area (Å²) in [5.41, 5.74) is 5.18. The molecule has 1 aliphatic heterocycles. The molecular weight excluding hydrogens is 372 g/mol. The minimum atomic E-state index is 0.0411. The maximum atomic E-state index is 13.4. The largest absolute Gasteiger partial charge is 0.354 e. The van der Waals surface area contributed by atoms with E-state index < -0.39 is 0 Å². The number of hydrogen-bond acceptors (Lipinski definition) is 4. The lowest BCUT2D eigenvalue weighted by molar-refractivity contribution is 0.0698. The maximum absolute atomic E-state index is 13.4. The number of rotatable bonds is 4. The molecule has 5 nitrogen and oxygen atoms in total. The number of carbonyl (C=O) groups is 1. The van der Waals surface area contributed by atoms with Gasteiger partial charge in [-0.25, -0.2) is 9.97 Å². The van der Waals surface area contributed by atoms with E-state index in [9.17, 15) is 4.79 Å². The first-order valence-corrected chi connectivity index (χ1v) is 10.8. The molecule has 30 heavy (non-hydrogen) atoms. The third-order valence-corrected chi connectivity index (χ3v) is 5.99. The second-order valence-electron chi connectivity index (χ2n) is 8.75. The first kappa shape index (κ1) is 20.3. The summed E-state index contributed by atoms with van der Waals surface area (Å²) in [5.74, 6) is 1.15. The monoisotopic (exact) mass is 402 g/mol. The molecule has 0 atom stereocenters. The van der Waals surface area contributed by atoms with Crippen LogP contribution in [0, 0.1) is 12.8 Å². The third-order valence-electron chi connectivity index (χ3n) is 5.99. The number of benzene rings is 1. The van der Waals surface area contributed by atoms with Crippen molar-refractivity contribution in [1.82, 2.24) is 14.9 Å². The van der Waals surface area contributed by atoms with Gasteiger partial charge in [-0.1, -0.05) is 32.9 Å². The second kappa shape index (κ2) is 8.42. The van der Waals surface area contributed by atoms with Crippen molar-refractivity contribution in [3.05, 3.63) is 59.4 Å². The molecule has 156 valence electrons. The lowest BCUT2D eigenvalue weighted by atomic mass is 9.98. The van der Waals surface area contributed by atoms with Gasteiger partial charge in [-0.3, -0.25) is 4.79 Å². The molecule has 0 saturated carbocycles. The Bertz CT molecular complexity index is 1070. The average molecular weight is 403 g/mol. The number of carbonyl (C=O) groups excluding carboxylic acids is 1. The highest BCUT2D eigenvalue weighted by Crippen LogP contribution is 2.31. The van der Waals surface area contributed by atoms with Crippen molar-refractivity contribution in [3.63, 3.8) is 0 Å². The highest BCUT2D eigenvalue weighted by atomic mass is 16.2. The molecule has 1 saturated heterocycles. The Balaban J connectivity index is 1.77. The zero-order chi connectivity index (χ0) is 21.3. The van der Waals surface area contributed by atoms with Crippen LogP contribution in [0.15, 0.2) is 42.6 Å². The van der Waals surface area contributed by atoms with Crippen LogP contribution in [0.3, 0.4) is 0 Å². The fourth-order valence-corrected chi connectivity index (χ4v) is 3.97. The van der Waals surface area contributed by atoms with E-state index >= 15 is 0 Å². The van der Waals surface area contributed by atoms with Crippen molar-refractivity contribution >= 4 is 28.3 Å². The second-order valence-corrected chi connectivity index (χ2v) is 8.75. The van der Waals surface area contributed by atoms with Gasteiger partial charge in [-0.05, 0) is 61.4 Å². The van der Waals surface area contributed by atoms with Crippen LogP contribution in [-0.4, -0.2) is 33.9 Å². The molecule has 4 rings (SSSR count). The van der Waals surface area contributed by atoms with Crippen molar-refractivity contribution in [2.45, 2.75) is 46.5 Å². The van der Waals surface area contributed by atoms with E-state index in [0.29, 0.717) is 23.0 Å². The van der Waals surface area contributed by atoms with Gasteiger partial charge in [0, 0.05) is 36.1 Å². The van der Waals surface area contributed by atoms with E-state index in [1.165, 1.54) is 5.56 Å². The third kappa shape index (κ3) is 4.16. The van der Waals surface area contributed by atoms with Gasteiger partial charge in [0.2, 0.25) is 0 Å². The number of hydrogen-bond donors (Lipinski definition) is 1. The van der Waals surface area contributed by atoms with Gasteiger partial charge < -0.3 is 10.2 Å². The van der Waals surface area contributed by atoms with Gasteiger partial charge in [0.15, 0.2) is 5.65 Å². The molecule has 0 bridgehead atoms. The minimum Gasteiger partial charge on any atom is -0.354 e. The number of fused-ring (bicyclic) bond motifs is 1. The number of amides is 1. The number of nitrogens with one attached hydrogen (secondary N) is 1. The van der Waals surface area contributed by atoms with Crippen LogP contribution in [0.1, 0.15) is 61.1 Å². The molecule has 0 radical (unpaired) electrons. The molecule has 1 aromatic carbocycles. The number of aryl methyl sites for hydroxylation is 1. The number of likely N-dealkylation sites (tertiary alicyclic amines) is 1. The SMILES string of the molecule is Cc1ccc2c(Nc3cccc(C(C)C)c3)c(C(=O)N3CCC(C)CC3)cnc2n1. The Kier molecular flexibility index (Phi) is 5.71. The predicted octanol–water partition coefficient (Wildman–Crippen LogP) is 5.68. The number of pyridine rings is 2. The van der Waals surface area contributed by atoms with Crippen LogP contribution in [-0.2, 0) is 0 Å². The van der Waals surface area contributed by atoms with Crippen LogP contribution in [0.25, 0.3) is 11.0 Å². The Labute approximate surface area is 178 Å². The standard InChI is InChI=1S/C25H30N4O/c1-16(2)19-6-5-7-20(14-19)28-23-21-9-8-18(4)27-24(21)26-15-22(23)25(30)29-12-10-17(3)11-13-29/h5-9,14-17H,10-13H2,1-4H3,(H,26,27,28). The molecule has 0 aliphatic carbocycles. The first-order chi connectivity index (χ1) is 14.4. The summed E-state index contributed by atoms with van der Waals surface area (Å²) in [7, 11) is 0. The van der Waals surface area contributed by atoms with Gasteiger partial charge in [-0.15, -0.1) is 0 Å². The number of piperidine rings is 1. The zero-order valence-electron chi connectivity index (χ0n) is 18.3. The van der Waals surface area contributed by atoms with Crippen molar-refractivity contribution in [2.24, 2.45) is 5.92 Å². The van der Waals surface area contributed by atoms with Crippen LogP contribution in [0.5, 0.6) is 0 Å². The lowest BCUT2D eigenvalue weighted by Gasteiger charge is -2.31. The molecule has 0 spiro atoms. The molecule has 1 N–H and O–H groups in total. The molecule has 5 heteroatoms. The van der Waals surface area contributed by atoms with Gasteiger partial charge in [0.05, 0.1) is 11.3 Å². The van der Waals surface area contributed by atoms with Crippen molar-refractivity contribution in [3.8, 4) is 0 Å². The van der Waals surface area contributed by atoms with Crippen molar-refractivity contribution in [2.75, 3.05) is 18.4 Å². The lowest BCUT2D eigenvalue weighted by Crippen LogP contribution is -2.38. The summed E-state index contributed by atoms with van der Waals surface area (Å²) >= 11 is 0. The van der Waals surface area contributed by atoms with Crippen molar-refractivity contribution in [1.29, 1.82) is 0 Å². The predicted molar refractivity (Wildman–Crippen MR) is 122 cm³/mol. The normalized spacial score (nSPS) is 15.0. The summed E-state index contributed by atoms with van der Waals surface area (Å²) < 4.78 is 0. The Morgan fingerprint density at radius 1 is 1.17 bits per heavy atom. The molecule has 1 amide bonds. The highest BCUT2D eigenvalue weighted by Gasteiger charge is 2.25. The molecular formula is C25H30N4O. The summed E-state index contributed by atoms with van der Waals surface area (Å²) in [6.45, 7) is 10.2. The number of nitrogens with zero attached hydrogens (tertiary/aromatic N) is 3. The van der Waals surface area contributed by atoms with E-state index in [4.69, 9.17) is 0 Å². The Morgan fingerprint density at radius 2 is 1.93 bits per heavy atom. The molecule has 2 aromatic heterocycles. The smallest absolute Gasteiger partial charge is 0.257 e. The average Bonchev–Trinajstić information content (AvgIpc) is 2.74. The number of aromatic nitrogens is 2. The van der Waals surface area contributed by atoms with Crippen LogP contribution in [0.2, 0.25) is 0 Å². The molecule has 3 aromatic rings. The molecule has 0 unspecified atom stereocenters. The summed E-state index contributed by atoms with van der Waals surface area (Å²) in [6.07, 6.45) is 3.78. The highest BCUT2D eigenvalue weighted by molar-refractivity contribution is 6.07. The fraction of sp³-hybridized carbons (Fsp3) is 0.400. The van der Waals surface area contributed by atoms with E-state index in [-0.39, 0.29) is 5.91 Å². The van der Waals surface area contributed by atoms with Crippen LogP contribution in [0.4, 0.5) is 11.4 Å². The van der Waals surface area contributed by atoms with Gasteiger partial charge in [0.25, 0.3) is 5.91 Å². The summed E-state index contributed by atoms with van der Waals surface area (Å²) in [6, 6.07) is 12.3. The Hall–Kier alpha value is -2.95. The molecule has 1 aliphatic rings. The summed E-state index contributed by atoms with van der Waals surface area (Å²) in [4.78, 5) is 24.5. The number of anilines is 2. The zero-order valence-corrected chi connectivity index (χ0v) is 18.3. The first-order valence-electron chi connectivity index (χ1n) is 10.8. The maximum Gasteiger partial charge on any atom is 0.257 e. The van der Waals surface area contributed by atoms with Crippen LogP contribution >= 0.6 is 0 Å². The van der Waals surface area contributed by atoms with Crippen molar-refractivity contribution < 1.29 is 4.79 Å². The van der Waals surface area contributed by atoms with Gasteiger partial charge in [-0.2, -0.15) is 0 Å². The van der Waals surface area contributed by atoms with Gasteiger partial charge >= 0.3 is 0 Å². The van der Waals surface area contributed by atoms with E-state index in [0.717, 1.165) is 48.4 Å². The van der Waals surface area contributed by atoms with E-state index in [2.05, 4.69) is 54.3 Å². The minimum absolute atomic E-state index is 0.0411. The quantitative estimate of drug-likeness (QED) is 0.610.